The summed E-state index contributed by atoms with van der Waals surface area (Å²) in [7, 11) is 0. The van der Waals surface area contributed by atoms with Crippen LogP contribution in [0.3, 0.4) is 0 Å². The molecule has 3 saturated carbocycles. The largest absolute Gasteiger partial charge is 0.310 e. The maximum absolute atomic E-state index is 2.58. The fraction of sp³-hybridized carbons (Fsp3) is 0.160. The summed E-state index contributed by atoms with van der Waals surface area (Å²) in [4.78, 5) is 2.45. The molecule has 4 aliphatic rings. The standard InChI is InChI=1S/C50H37NS/c1-2-10-32(11-3-1)36-12-5-8-16-46(36)51(35-23-25-40-39-14-6-9-17-47(39)52-48(40)29-35)34-21-18-31(19-22-34)33-20-24-38-37-13-4-7-15-43(37)50(45(38)28-33)30-42-41-26-27-44(50)49(41)42/h1-25,28-29,41-42,44,49H,26-27,30H2. The first-order valence-electron chi connectivity index (χ1n) is 19.0. The van der Waals surface area contributed by atoms with E-state index >= 15 is 0 Å². The number of hydrogen-bond donors (Lipinski definition) is 0. The molecule has 0 aliphatic heterocycles. The van der Waals surface area contributed by atoms with Gasteiger partial charge in [-0.15, -0.1) is 11.3 Å². The number of benzene rings is 7. The van der Waals surface area contributed by atoms with Crippen LogP contribution in [0, 0.1) is 23.7 Å². The number of nitrogens with zero attached hydrogens (tertiary/aromatic N) is 1. The predicted molar refractivity (Wildman–Crippen MR) is 219 cm³/mol. The summed E-state index contributed by atoms with van der Waals surface area (Å²) < 4.78 is 2.64. The second-order valence-electron chi connectivity index (χ2n) is 15.6. The fourth-order valence-electron chi connectivity index (χ4n) is 11.2. The highest BCUT2D eigenvalue weighted by molar-refractivity contribution is 7.25. The van der Waals surface area contributed by atoms with Gasteiger partial charge in [0.2, 0.25) is 0 Å². The summed E-state index contributed by atoms with van der Waals surface area (Å²) >= 11 is 1.88. The second kappa shape index (κ2) is 10.8. The lowest BCUT2D eigenvalue weighted by Gasteiger charge is -2.35. The molecule has 248 valence electrons. The van der Waals surface area contributed by atoms with Gasteiger partial charge in [0.25, 0.3) is 0 Å². The molecule has 0 amide bonds. The zero-order valence-corrected chi connectivity index (χ0v) is 29.7. The van der Waals surface area contributed by atoms with Crippen molar-refractivity contribution in [1.29, 1.82) is 0 Å². The Kier molecular flexibility index (Phi) is 6.05. The van der Waals surface area contributed by atoms with Gasteiger partial charge in [-0.3, -0.25) is 0 Å². The Morgan fingerprint density at radius 3 is 2.08 bits per heavy atom. The predicted octanol–water partition coefficient (Wildman–Crippen LogP) is 13.8. The van der Waals surface area contributed by atoms with E-state index in [0.29, 0.717) is 0 Å². The Morgan fingerprint density at radius 1 is 0.481 bits per heavy atom. The minimum Gasteiger partial charge on any atom is -0.310 e. The van der Waals surface area contributed by atoms with Crippen molar-refractivity contribution in [3.8, 4) is 33.4 Å². The second-order valence-corrected chi connectivity index (χ2v) is 16.7. The molecule has 5 atom stereocenters. The van der Waals surface area contributed by atoms with Crippen LogP contribution in [0.1, 0.15) is 30.4 Å². The molecule has 8 aromatic rings. The quantitative estimate of drug-likeness (QED) is 0.175. The minimum absolute atomic E-state index is 0.202. The van der Waals surface area contributed by atoms with E-state index in [1.807, 2.05) is 11.3 Å². The van der Waals surface area contributed by atoms with Crippen molar-refractivity contribution in [2.24, 2.45) is 23.7 Å². The van der Waals surface area contributed by atoms with Gasteiger partial charge in [0.15, 0.2) is 0 Å². The van der Waals surface area contributed by atoms with Crippen LogP contribution in [0.5, 0.6) is 0 Å². The number of anilines is 3. The molecule has 0 radical (unpaired) electrons. The maximum Gasteiger partial charge on any atom is 0.0540 e. The van der Waals surface area contributed by atoms with Crippen LogP contribution in [0.25, 0.3) is 53.6 Å². The van der Waals surface area contributed by atoms with Crippen molar-refractivity contribution >= 4 is 48.6 Å². The van der Waals surface area contributed by atoms with E-state index in [1.165, 1.54) is 84.2 Å². The summed E-state index contributed by atoms with van der Waals surface area (Å²) in [6, 6.07) is 61.5. The lowest BCUT2D eigenvalue weighted by molar-refractivity contribution is 0.350. The highest BCUT2D eigenvalue weighted by atomic mass is 32.1. The molecule has 5 unspecified atom stereocenters. The Bertz CT molecular complexity index is 2700. The summed E-state index contributed by atoms with van der Waals surface area (Å²) in [5, 5.41) is 2.65. The first-order chi connectivity index (χ1) is 25.8. The smallest absolute Gasteiger partial charge is 0.0540 e. The molecule has 1 spiro atoms. The van der Waals surface area contributed by atoms with Crippen molar-refractivity contribution in [2.45, 2.75) is 24.7 Å². The molecule has 7 aromatic carbocycles. The van der Waals surface area contributed by atoms with Gasteiger partial charge in [-0.2, -0.15) is 0 Å². The van der Waals surface area contributed by atoms with E-state index in [-0.39, 0.29) is 5.41 Å². The van der Waals surface area contributed by atoms with Crippen molar-refractivity contribution in [3.05, 3.63) is 175 Å². The third-order valence-corrected chi connectivity index (χ3v) is 14.5. The first-order valence-corrected chi connectivity index (χ1v) is 19.8. The normalized spacial score (nSPS) is 23.2. The van der Waals surface area contributed by atoms with Gasteiger partial charge < -0.3 is 4.90 Å². The third-order valence-electron chi connectivity index (χ3n) is 13.4. The third kappa shape index (κ3) is 3.99. The van der Waals surface area contributed by atoms with E-state index in [4.69, 9.17) is 0 Å². The molecular formula is C50H37NS. The van der Waals surface area contributed by atoms with Crippen LogP contribution in [-0.4, -0.2) is 0 Å². The molecule has 4 aliphatic carbocycles. The average molecular weight is 684 g/mol. The van der Waals surface area contributed by atoms with Gasteiger partial charge in [-0.05, 0) is 124 Å². The van der Waals surface area contributed by atoms with Gasteiger partial charge in [0.1, 0.15) is 0 Å². The van der Waals surface area contributed by atoms with Crippen LogP contribution < -0.4 is 4.90 Å². The molecule has 0 saturated heterocycles. The zero-order chi connectivity index (χ0) is 34.0. The van der Waals surface area contributed by atoms with Crippen LogP contribution >= 0.6 is 11.3 Å². The van der Waals surface area contributed by atoms with Crippen LogP contribution in [0.2, 0.25) is 0 Å². The van der Waals surface area contributed by atoms with E-state index < -0.39 is 0 Å². The van der Waals surface area contributed by atoms with Crippen LogP contribution in [-0.2, 0) is 5.41 Å². The van der Waals surface area contributed by atoms with Gasteiger partial charge in [-0.1, -0.05) is 121 Å². The highest BCUT2D eigenvalue weighted by Crippen LogP contribution is 2.78. The summed E-state index contributed by atoms with van der Waals surface area (Å²) in [6.07, 6.45) is 4.19. The number of rotatable bonds is 5. The Morgan fingerprint density at radius 2 is 1.19 bits per heavy atom. The summed E-state index contributed by atoms with van der Waals surface area (Å²) in [5.41, 5.74) is 14.9. The number of hydrogen-bond acceptors (Lipinski definition) is 2. The van der Waals surface area contributed by atoms with Crippen LogP contribution in [0.15, 0.2) is 164 Å². The maximum atomic E-state index is 2.58. The molecule has 0 bridgehead atoms. The first kappa shape index (κ1) is 29.2. The van der Waals surface area contributed by atoms with Crippen molar-refractivity contribution in [1.82, 2.24) is 0 Å². The monoisotopic (exact) mass is 683 g/mol. The molecule has 1 heterocycles. The summed E-state index contributed by atoms with van der Waals surface area (Å²) in [5.74, 6) is 3.71. The molecule has 1 aromatic heterocycles. The summed E-state index contributed by atoms with van der Waals surface area (Å²) in [6.45, 7) is 0. The topological polar surface area (TPSA) is 3.24 Å². The van der Waals surface area contributed by atoms with E-state index in [9.17, 15) is 0 Å². The van der Waals surface area contributed by atoms with Gasteiger partial charge in [-0.25, -0.2) is 0 Å². The number of thiophene rings is 1. The molecule has 52 heavy (non-hydrogen) atoms. The zero-order valence-electron chi connectivity index (χ0n) is 28.9. The Hall–Kier alpha value is -5.44. The van der Waals surface area contributed by atoms with E-state index in [2.05, 4.69) is 169 Å². The molecular weight excluding hydrogens is 647 g/mol. The Balaban J connectivity index is 0.982. The molecule has 0 N–H and O–H groups in total. The lowest BCUT2D eigenvalue weighted by Crippen LogP contribution is -2.31. The molecule has 1 nitrogen and oxygen atoms in total. The van der Waals surface area contributed by atoms with Gasteiger partial charge in [0, 0.05) is 42.5 Å². The SMILES string of the molecule is c1ccc(-c2ccccc2N(c2ccc(-c3ccc4c(c3)C3(CC5C6CCC3C65)c3ccccc3-4)cc2)c2ccc3c(c2)sc2ccccc23)cc1. The average Bonchev–Trinajstić information content (AvgIpc) is 3.52. The fourth-order valence-corrected chi connectivity index (χ4v) is 12.4. The van der Waals surface area contributed by atoms with Crippen molar-refractivity contribution < 1.29 is 0 Å². The molecule has 12 rings (SSSR count). The molecule has 2 heteroatoms. The van der Waals surface area contributed by atoms with Gasteiger partial charge >= 0.3 is 0 Å². The molecule has 3 fully saturated rings. The minimum atomic E-state index is 0.202. The Labute approximate surface area is 308 Å². The van der Waals surface area contributed by atoms with Gasteiger partial charge in [0.05, 0.1) is 5.69 Å². The number of para-hydroxylation sites is 1. The van der Waals surface area contributed by atoms with Crippen molar-refractivity contribution in [2.75, 3.05) is 4.90 Å². The number of fused-ring (bicyclic) bond motifs is 10. The van der Waals surface area contributed by atoms with Crippen LogP contribution in [0.4, 0.5) is 17.1 Å². The van der Waals surface area contributed by atoms with E-state index in [0.717, 1.165) is 29.4 Å². The lowest BCUT2D eigenvalue weighted by atomic mass is 9.68. The highest BCUT2D eigenvalue weighted by Gasteiger charge is 2.72. The van der Waals surface area contributed by atoms with Crippen molar-refractivity contribution in [3.63, 3.8) is 0 Å². The van der Waals surface area contributed by atoms with E-state index in [1.54, 1.807) is 11.1 Å².